The Morgan fingerprint density at radius 2 is 1.61 bits per heavy atom. The van der Waals surface area contributed by atoms with Crippen molar-refractivity contribution in [3.8, 4) is 11.5 Å². The number of benzene rings is 2. The molecule has 0 saturated carbocycles. The van der Waals surface area contributed by atoms with Crippen LogP contribution in [-0.2, 0) is 0 Å². The lowest BCUT2D eigenvalue weighted by molar-refractivity contribution is 0.227. The van der Waals surface area contributed by atoms with Crippen molar-refractivity contribution in [2.24, 2.45) is 0 Å². The van der Waals surface area contributed by atoms with Gasteiger partial charge in [-0.1, -0.05) is 36.4 Å². The first-order chi connectivity index (χ1) is 8.72. The van der Waals surface area contributed by atoms with Crippen molar-refractivity contribution in [1.29, 1.82) is 0 Å². The first kappa shape index (κ1) is 12.3. The van der Waals surface area contributed by atoms with Crippen LogP contribution in [0, 0.1) is 0 Å². The fraction of sp³-hybridized carbons (Fsp3) is 0.200. The Morgan fingerprint density at radius 3 is 2.28 bits per heavy atom. The van der Waals surface area contributed by atoms with Gasteiger partial charge in [-0.3, -0.25) is 0 Å². The molecular formula is C15H17NO2. The first-order valence-corrected chi connectivity index (χ1v) is 5.86. The van der Waals surface area contributed by atoms with E-state index < -0.39 is 0 Å². The molecule has 1 atom stereocenters. The average molecular weight is 243 g/mol. The molecule has 0 aromatic heterocycles. The van der Waals surface area contributed by atoms with E-state index in [2.05, 4.69) is 0 Å². The molecule has 0 spiro atoms. The maximum atomic E-state index is 5.97. The Morgan fingerprint density at radius 1 is 0.944 bits per heavy atom. The number of nitrogens with two attached hydrogens (primary N) is 1. The summed E-state index contributed by atoms with van der Waals surface area (Å²) in [7, 11) is 1.59. The molecule has 0 heterocycles. The van der Waals surface area contributed by atoms with Gasteiger partial charge < -0.3 is 15.2 Å². The molecule has 0 amide bonds. The fourth-order valence-corrected chi connectivity index (χ4v) is 1.79. The van der Waals surface area contributed by atoms with Crippen LogP contribution in [0.1, 0.15) is 18.6 Å². The van der Waals surface area contributed by atoms with Crippen molar-refractivity contribution in [3.05, 3.63) is 54.1 Å². The predicted octanol–water partition coefficient (Wildman–Crippen LogP) is 3.42. The highest BCUT2D eigenvalue weighted by Crippen LogP contribution is 2.33. The van der Waals surface area contributed by atoms with E-state index >= 15 is 0 Å². The lowest BCUT2D eigenvalue weighted by Gasteiger charge is -2.17. The smallest absolute Gasteiger partial charge is 0.146 e. The Kier molecular flexibility index (Phi) is 3.72. The number of methoxy groups -OCH3 is 1. The maximum Gasteiger partial charge on any atom is 0.146 e. The van der Waals surface area contributed by atoms with Crippen LogP contribution in [0.5, 0.6) is 11.5 Å². The molecule has 0 bridgehead atoms. The number of rotatable bonds is 4. The summed E-state index contributed by atoms with van der Waals surface area (Å²) in [5.41, 5.74) is 7.61. The van der Waals surface area contributed by atoms with Gasteiger partial charge in [-0.05, 0) is 24.6 Å². The van der Waals surface area contributed by atoms with Gasteiger partial charge in [-0.15, -0.1) is 0 Å². The van der Waals surface area contributed by atoms with Crippen molar-refractivity contribution >= 4 is 5.69 Å². The second kappa shape index (κ2) is 5.45. The molecule has 1 unspecified atom stereocenters. The molecule has 0 radical (unpaired) electrons. The van der Waals surface area contributed by atoms with Crippen molar-refractivity contribution in [3.63, 3.8) is 0 Å². The average Bonchev–Trinajstić information content (AvgIpc) is 2.42. The molecule has 2 aromatic carbocycles. The second-order valence-corrected chi connectivity index (χ2v) is 4.04. The van der Waals surface area contributed by atoms with Crippen molar-refractivity contribution < 1.29 is 9.47 Å². The maximum absolute atomic E-state index is 5.97. The fourth-order valence-electron chi connectivity index (χ4n) is 1.79. The molecule has 3 nitrogen and oxygen atoms in total. The minimum absolute atomic E-state index is 0.0550. The lowest BCUT2D eigenvalue weighted by Crippen LogP contribution is -2.05. The summed E-state index contributed by atoms with van der Waals surface area (Å²) in [6.07, 6.45) is -0.0550. The standard InChI is InChI=1S/C15H17NO2/c1-11(12-7-4-3-5-8-12)18-14-10-6-9-13(17-2)15(14)16/h3-11H,16H2,1-2H3. The van der Waals surface area contributed by atoms with Crippen LogP contribution >= 0.6 is 0 Å². The van der Waals surface area contributed by atoms with Crippen molar-refractivity contribution in [1.82, 2.24) is 0 Å². The summed E-state index contributed by atoms with van der Waals surface area (Å²) in [6.45, 7) is 1.99. The number of anilines is 1. The molecule has 94 valence electrons. The van der Waals surface area contributed by atoms with Crippen molar-refractivity contribution in [2.45, 2.75) is 13.0 Å². The predicted molar refractivity (Wildman–Crippen MR) is 72.9 cm³/mol. The number of nitrogen functional groups attached to an aromatic ring is 1. The zero-order valence-corrected chi connectivity index (χ0v) is 10.6. The minimum atomic E-state index is -0.0550. The highest BCUT2D eigenvalue weighted by atomic mass is 16.5. The molecule has 0 aliphatic carbocycles. The van der Waals surface area contributed by atoms with Gasteiger partial charge in [0, 0.05) is 0 Å². The highest BCUT2D eigenvalue weighted by molar-refractivity contribution is 5.62. The van der Waals surface area contributed by atoms with Crippen LogP contribution in [0.2, 0.25) is 0 Å². The zero-order chi connectivity index (χ0) is 13.0. The van der Waals surface area contributed by atoms with E-state index in [1.807, 2.05) is 55.5 Å². The molecule has 3 heteroatoms. The molecule has 0 aliphatic heterocycles. The third-order valence-electron chi connectivity index (χ3n) is 2.82. The van der Waals surface area contributed by atoms with E-state index in [1.165, 1.54) is 0 Å². The van der Waals surface area contributed by atoms with Crippen LogP contribution in [0.25, 0.3) is 0 Å². The van der Waals surface area contributed by atoms with Crippen LogP contribution in [0.15, 0.2) is 48.5 Å². The SMILES string of the molecule is COc1cccc(OC(C)c2ccccc2)c1N. The van der Waals surface area contributed by atoms with E-state index in [-0.39, 0.29) is 6.10 Å². The third-order valence-corrected chi connectivity index (χ3v) is 2.82. The molecule has 0 fully saturated rings. The van der Waals surface area contributed by atoms with Gasteiger partial charge in [-0.25, -0.2) is 0 Å². The van der Waals surface area contributed by atoms with Gasteiger partial charge in [-0.2, -0.15) is 0 Å². The Labute approximate surface area is 107 Å². The van der Waals surface area contributed by atoms with Gasteiger partial charge in [0.15, 0.2) is 0 Å². The van der Waals surface area contributed by atoms with Gasteiger partial charge in [0.05, 0.1) is 7.11 Å². The van der Waals surface area contributed by atoms with Crippen LogP contribution in [0.4, 0.5) is 5.69 Å². The Hall–Kier alpha value is -2.16. The topological polar surface area (TPSA) is 44.5 Å². The molecule has 0 saturated heterocycles. The summed E-state index contributed by atoms with van der Waals surface area (Å²) in [4.78, 5) is 0. The molecule has 18 heavy (non-hydrogen) atoms. The van der Waals surface area contributed by atoms with E-state index in [4.69, 9.17) is 15.2 Å². The largest absolute Gasteiger partial charge is 0.494 e. The summed E-state index contributed by atoms with van der Waals surface area (Å²) in [5.74, 6) is 1.28. The Bertz CT molecular complexity index is 511. The van der Waals surface area contributed by atoms with E-state index in [9.17, 15) is 0 Å². The van der Waals surface area contributed by atoms with Crippen LogP contribution in [-0.4, -0.2) is 7.11 Å². The summed E-state index contributed by atoms with van der Waals surface area (Å²) in [5, 5.41) is 0. The van der Waals surface area contributed by atoms with Gasteiger partial charge >= 0.3 is 0 Å². The van der Waals surface area contributed by atoms with Gasteiger partial charge in [0.2, 0.25) is 0 Å². The number of para-hydroxylation sites is 1. The molecule has 2 rings (SSSR count). The molecular weight excluding hydrogens is 226 g/mol. The van der Waals surface area contributed by atoms with E-state index in [1.54, 1.807) is 7.11 Å². The minimum Gasteiger partial charge on any atom is -0.494 e. The molecule has 2 aromatic rings. The van der Waals surface area contributed by atoms with Crippen LogP contribution < -0.4 is 15.2 Å². The second-order valence-electron chi connectivity index (χ2n) is 4.04. The van der Waals surface area contributed by atoms with Gasteiger partial charge in [0.1, 0.15) is 23.3 Å². The molecule has 0 aliphatic rings. The molecule has 2 N–H and O–H groups in total. The van der Waals surface area contributed by atoms with E-state index in [0.717, 1.165) is 5.56 Å². The summed E-state index contributed by atoms with van der Waals surface area (Å²) in [6, 6.07) is 15.5. The quantitative estimate of drug-likeness (QED) is 0.837. The summed E-state index contributed by atoms with van der Waals surface area (Å²) >= 11 is 0. The number of hydrogen-bond acceptors (Lipinski definition) is 3. The zero-order valence-electron chi connectivity index (χ0n) is 10.6. The summed E-state index contributed by atoms with van der Waals surface area (Å²) < 4.78 is 11.0. The number of ether oxygens (including phenoxy) is 2. The van der Waals surface area contributed by atoms with Crippen LogP contribution in [0.3, 0.4) is 0 Å². The Balaban J connectivity index is 2.19. The first-order valence-electron chi connectivity index (χ1n) is 5.86. The highest BCUT2D eigenvalue weighted by Gasteiger charge is 2.11. The lowest BCUT2D eigenvalue weighted by atomic mass is 10.1. The van der Waals surface area contributed by atoms with E-state index in [0.29, 0.717) is 17.2 Å². The van der Waals surface area contributed by atoms with Gasteiger partial charge in [0.25, 0.3) is 0 Å². The third kappa shape index (κ3) is 2.56. The monoisotopic (exact) mass is 243 g/mol. The number of hydrogen-bond donors (Lipinski definition) is 1. The van der Waals surface area contributed by atoms with Crippen molar-refractivity contribution in [2.75, 3.05) is 12.8 Å². The normalized spacial score (nSPS) is 11.9.